The van der Waals surface area contributed by atoms with Gasteiger partial charge in [0.15, 0.2) is 26.2 Å². The smallest absolute Gasteiger partial charge is 0.342 e. The molecule has 0 bridgehead atoms. The predicted octanol–water partition coefficient (Wildman–Crippen LogP) is 3.09. The molecule has 0 aromatic carbocycles. The van der Waals surface area contributed by atoms with Crippen molar-refractivity contribution in [2.24, 2.45) is 7.05 Å². The largest absolute Gasteiger partial charge is 0.417 e. The lowest BCUT2D eigenvalue weighted by Gasteiger charge is -2.11. The zero-order valence-corrected chi connectivity index (χ0v) is 20.0. The van der Waals surface area contributed by atoms with Gasteiger partial charge in [0.05, 0.1) is 11.3 Å². The monoisotopic (exact) mass is 549 g/mol. The zero-order chi connectivity index (χ0) is 27.5. The Balaban J connectivity index is 2.02. The van der Waals surface area contributed by atoms with Crippen LogP contribution < -0.4 is 5.32 Å². The molecule has 198 valence electrons. The summed E-state index contributed by atoms with van der Waals surface area (Å²) in [5.41, 5.74) is -2.14. The molecule has 0 saturated heterocycles. The molecule has 0 aliphatic carbocycles. The van der Waals surface area contributed by atoms with E-state index in [4.69, 9.17) is 0 Å². The van der Waals surface area contributed by atoms with Crippen molar-refractivity contribution in [1.82, 2.24) is 34.4 Å². The second-order valence-electron chi connectivity index (χ2n) is 7.97. The first-order chi connectivity index (χ1) is 17.0. The molecule has 4 heterocycles. The van der Waals surface area contributed by atoms with E-state index in [1.165, 1.54) is 25.5 Å². The van der Waals surface area contributed by atoms with Crippen molar-refractivity contribution in [3.8, 4) is 11.4 Å². The van der Waals surface area contributed by atoms with Crippen molar-refractivity contribution in [1.29, 1.82) is 0 Å². The summed E-state index contributed by atoms with van der Waals surface area (Å²) in [6.07, 6.45) is -7.69. The highest BCUT2D eigenvalue weighted by Crippen LogP contribution is 2.35. The zero-order valence-electron chi connectivity index (χ0n) is 19.2. The first-order valence-corrected chi connectivity index (χ1v) is 12.1. The fourth-order valence-electron chi connectivity index (χ4n) is 3.60. The van der Waals surface area contributed by atoms with Crippen molar-refractivity contribution in [2.75, 3.05) is 12.3 Å². The normalized spacial score (nSPS) is 13.0. The number of hydrogen-bond acceptors (Lipinski definition) is 7. The number of pyridine rings is 1. The minimum Gasteiger partial charge on any atom is -0.342 e. The van der Waals surface area contributed by atoms with Gasteiger partial charge in [-0.3, -0.25) is 4.79 Å². The number of rotatable bonds is 5. The van der Waals surface area contributed by atoms with Gasteiger partial charge < -0.3 is 9.88 Å². The Morgan fingerprint density at radius 1 is 1.08 bits per heavy atom. The molecule has 1 N–H and O–H groups in total. The SMILES string of the molecule is CCS(=O)(=O)c1nn2c(C(=O)NCC(F)(F)F)c(C)cnc2c1-c1nc2cc(C(F)(F)F)cnc2n1C. The molecule has 1 amide bonds. The highest BCUT2D eigenvalue weighted by atomic mass is 32.2. The molecule has 0 spiro atoms. The number of hydrogen-bond donors (Lipinski definition) is 1. The van der Waals surface area contributed by atoms with E-state index in [1.807, 2.05) is 0 Å². The maximum Gasteiger partial charge on any atom is 0.417 e. The molecule has 4 aromatic rings. The van der Waals surface area contributed by atoms with E-state index in [-0.39, 0.29) is 33.8 Å². The van der Waals surface area contributed by atoms with Crippen molar-refractivity contribution < 1.29 is 39.6 Å². The van der Waals surface area contributed by atoms with Crippen LogP contribution in [-0.4, -0.2) is 61.9 Å². The maximum absolute atomic E-state index is 13.2. The molecule has 37 heavy (non-hydrogen) atoms. The maximum atomic E-state index is 13.2. The number of halogens is 6. The summed E-state index contributed by atoms with van der Waals surface area (Å²) in [5.74, 6) is -1.83. The molecule has 0 saturated carbocycles. The first kappa shape index (κ1) is 26.3. The van der Waals surface area contributed by atoms with Gasteiger partial charge in [-0.25, -0.2) is 27.9 Å². The molecule has 0 unspecified atom stereocenters. The second-order valence-corrected chi connectivity index (χ2v) is 10.2. The molecular formula is C20H17F6N7O3S. The molecule has 17 heteroatoms. The van der Waals surface area contributed by atoms with Crippen molar-refractivity contribution >= 4 is 32.6 Å². The summed E-state index contributed by atoms with van der Waals surface area (Å²) in [6, 6.07) is 0.735. The molecule has 0 fully saturated rings. The summed E-state index contributed by atoms with van der Waals surface area (Å²) >= 11 is 0. The average molecular weight is 549 g/mol. The third kappa shape index (κ3) is 4.70. The summed E-state index contributed by atoms with van der Waals surface area (Å²) in [4.78, 5) is 24.7. The van der Waals surface area contributed by atoms with E-state index in [0.29, 0.717) is 6.20 Å². The fourth-order valence-corrected chi connectivity index (χ4v) is 4.57. The van der Waals surface area contributed by atoms with Gasteiger partial charge >= 0.3 is 12.4 Å². The number of aryl methyl sites for hydroxylation is 2. The number of amides is 1. The van der Waals surface area contributed by atoms with E-state index < -0.39 is 56.7 Å². The van der Waals surface area contributed by atoms with Crippen molar-refractivity contribution in [3.63, 3.8) is 0 Å². The highest BCUT2D eigenvalue weighted by Gasteiger charge is 2.34. The van der Waals surface area contributed by atoms with E-state index in [2.05, 4.69) is 20.1 Å². The second kappa shape index (κ2) is 8.67. The Kier molecular flexibility index (Phi) is 6.16. The highest BCUT2D eigenvalue weighted by molar-refractivity contribution is 7.91. The Morgan fingerprint density at radius 2 is 1.73 bits per heavy atom. The number of nitrogens with zero attached hydrogens (tertiary/aromatic N) is 6. The van der Waals surface area contributed by atoms with E-state index in [1.54, 1.807) is 5.32 Å². The van der Waals surface area contributed by atoms with Gasteiger partial charge in [0.2, 0.25) is 0 Å². The lowest BCUT2D eigenvalue weighted by molar-refractivity contribution is -0.137. The molecular weight excluding hydrogens is 532 g/mol. The Hall–Kier alpha value is -3.76. The minimum absolute atomic E-state index is 0.0162. The van der Waals surface area contributed by atoms with Crippen LogP contribution in [0.1, 0.15) is 28.5 Å². The number of fused-ring (bicyclic) bond motifs is 2. The van der Waals surface area contributed by atoms with Crippen LogP contribution in [0, 0.1) is 6.92 Å². The van der Waals surface area contributed by atoms with Crippen LogP contribution in [-0.2, 0) is 23.1 Å². The van der Waals surface area contributed by atoms with Crippen LogP contribution >= 0.6 is 0 Å². The standard InChI is InChI=1S/C20H17F6N7O3S/c1-4-37(35,36)18-12(16-30-11-5-10(20(24,25)26)7-28-14(11)32(16)3)15-27-6-9(2)13(33(15)31-18)17(34)29-8-19(21,22)23/h5-7H,4,8H2,1-3H3,(H,29,34). The van der Waals surface area contributed by atoms with Gasteiger partial charge in [-0.15, -0.1) is 0 Å². The van der Waals surface area contributed by atoms with E-state index in [9.17, 15) is 39.6 Å². The predicted molar refractivity (Wildman–Crippen MR) is 116 cm³/mol. The van der Waals surface area contributed by atoms with Gasteiger partial charge in [0.25, 0.3) is 5.91 Å². The third-order valence-corrected chi connectivity index (χ3v) is 7.03. The number of imidazole rings is 1. The topological polar surface area (TPSA) is 124 Å². The fraction of sp³-hybridized carbons (Fsp3) is 0.350. The van der Waals surface area contributed by atoms with Gasteiger partial charge in [-0.05, 0) is 18.6 Å². The van der Waals surface area contributed by atoms with Crippen LogP contribution in [0.3, 0.4) is 0 Å². The van der Waals surface area contributed by atoms with E-state index in [0.717, 1.165) is 16.8 Å². The molecule has 10 nitrogen and oxygen atoms in total. The minimum atomic E-state index is -4.71. The first-order valence-electron chi connectivity index (χ1n) is 10.4. The molecule has 0 atom stereocenters. The van der Waals surface area contributed by atoms with E-state index >= 15 is 0 Å². The quantitative estimate of drug-likeness (QED) is 0.380. The lowest BCUT2D eigenvalue weighted by Crippen LogP contribution is -2.35. The lowest BCUT2D eigenvalue weighted by atomic mass is 10.2. The molecule has 4 aromatic heterocycles. The summed E-state index contributed by atoms with van der Waals surface area (Å²) in [5, 5.41) is 5.10. The Bertz CT molecular complexity index is 1660. The van der Waals surface area contributed by atoms with Gasteiger partial charge in [0.1, 0.15) is 29.1 Å². The van der Waals surface area contributed by atoms with Gasteiger partial charge in [-0.1, -0.05) is 6.92 Å². The number of aromatic nitrogens is 6. The van der Waals surface area contributed by atoms with Crippen molar-refractivity contribution in [3.05, 3.63) is 35.3 Å². The van der Waals surface area contributed by atoms with Crippen LogP contribution in [0.4, 0.5) is 26.3 Å². The molecule has 0 aliphatic heterocycles. The van der Waals surface area contributed by atoms with Gasteiger partial charge in [0, 0.05) is 19.4 Å². The Morgan fingerprint density at radius 3 is 2.32 bits per heavy atom. The Labute approximate surface area is 204 Å². The van der Waals surface area contributed by atoms with Crippen LogP contribution in [0.25, 0.3) is 28.2 Å². The molecule has 4 rings (SSSR count). The number of nitrogens with one attached hydrogen (secondary N) is 1. The number of alkyl halides is 6. The van der Waals surface area contributed by atoms with Crippen LogP contribution in [0.15, 0.2) is 23.5 Å². The molecule has 0 radical (unpaired) electrons. The number of sulfone groups is 1. The average Bonchev–Trinajstić information content (AvgIpc) is 3.34. The number of carbonyl (C=O) groups is 1. The van der Waals surface area contributed by atoms with Crippen LogP contribution in [0.5, 0.6) is 0 Å². The summed E-state index contributed by atoms with van der Waals surface area (Å²) < 4.78 is 105. The third-order valence-electron chi connectivity index (χ3n) is 5.39. The molecule has 0 aliphatic rings. The van der Waals surface area contributed by atoms with Gasteiger partial charge in [-0.2, -0.15) is 31.4 Å². The summed E-state index contributed by atoms with van der Waals surface area (Å²) in [6.45, 7) is 1.02. The van der Waals surface area contributed by atoms with Crippen LogP contribution in [0.2, 0.25) is 0 Å². The van der Waals surface area contributed by atoms with Crippen molar-refractivity contribution in [2.45, 2.75) is 31.2 Å². The number of carbonyl (C=O) groups excluding carboxylic acids is 1. The summed E-state index contributed by atoms with van der Waals surface area (Å²) in [7, 11) is -2.78.